The van der Waals surface area contributed by atoms with E-state index in [4.69, 9.17) is 9.47 Å². The Morgan fingerprint density at radius 3 is 2.61 bits per heavy atom. The van der Waals surface area contributed by atoms with Gasteiger partial charge in [0, 0.05) is 39.4 Å². The molecule has 23 heavy (non-hydrogen) atoms. The van der Waals surface area contributed by atoms with Crippen LogP contribution in [0.25, 0.3) is 0 Å². The van der Waals surface area contributed by atoms with Gasteiger partial charge in [-0.25, -0.2) is 0 Å². The molecule has 0 aliphatic carbocycles. The summed E-state index contributed by atoms with van der Waals surface area (Å²) < 4.78 is 12.7. The maximum absolute atomic E-state index is 10.4. The summed E-state index contributed by atoms with van der Waals surface area (Å²) in [7, 11) is 3.13. The number of hydrogen-bond donors (Lipinski definition) is 1. The lowest BCUT2D eigenvalue weighted by Crippen LogP contribution is -2.57. The van der Waals surface area contributed by atoms with Crippen LogP contribution in [0.2, 0.25) is 0 Å². The van der Waals surface area contributed by atoms with E-state index >= 15 is 0 Å². The van der Waals surface area contributed by atoms with Gasteiger partial charge in [-0.15, -0.1) is 0 Å². The summed E-state index contributed by atoms with van der Waals surface area (Å²) in [6, 6.07) is 12.2. The number of methoxy groups -OCH3 is 2. The molecule has 1 atom stereocenters. The van der Waals surface area contributed by atoms with Crippen molar-refractivity contribution in [1.82, 2.24) is 9.78 Å². The Balaban J connectivity index is 1.67. The summed E-state index contributed by atoms with van der Waals surface area (Å²) >= 11 is 0. The van der Waals surface area contributed by atoms with E-state index in [0.717, 1.165) is 18.9 Å². The molecule has 1 aliphatic heterocycles. The van der Waals surface area contributed by atoms with Crippen LogP contribution in [0, 0.1) is 0 Å². The number of benzene rings is 1. The lowest BCUT2D eigenvalue weighted by atomic mass is 10.0. The Morgan fingerprint density at radius 2 is 1.96 bits per heavy atom. The zero-order valence-electron chi connectivity index (χ0n) is 13.6. The molecular formula is C17H23N3O3. The molecule has 0 radical (unpaired) electrons. The number of nitrogens with zero attached hydrogens (tertiary/aromatic N) is 3. The highest BCUT2D eigenvalue weighted by molar-refractivity contribution is 5.38. The van der Waals surface area contributed by atoms with Crippen LogP contribution in [0.1, 0.15) is 12.0 Å². The van der Waals surface area contributed by atoms with Gasteiger partial charge in [0.1, 0.15) is 6.10 Å². The second-order valence-corrected chi connectivity index (χ2v) is 5.79. The van der Waals surface area contributed by atoms with E-state index in [1.54, 1.807) is 14.2 Å². The fourth-order valence-electron chi connectivity index (χ4n) is 3.04. The first-order valence-electron chi connectivity index (χ1n) is 7.77. The number of anilines is 1. The first-order chi connectivity index (χ1) is 11.2. The van der Waals surface area contributed by atoms with Crippen LogP contribution in [-0.2, 0) is 16.0 Å². The van der Waals surface area contributed by atoms with Crippen molar-refractivity contribution in [2.45, 2.75) is 24.9 Å². The van der Waals surface area contributed by atoms with E-state index in [1.807, 2.05) is 35.1 Å². The molecule has 124 valence electrons. The van der Waals surface area contributed by atoms with Crippen LogP contribution < -0.4 is 4.90 Å². The summed E-state index contributed by atoms with van der Waals surface area (Å²) in [4.78, 5) is 2.06. The second kappa shape index (κ2) is 6.70. The van der Waals surface area contributed by atoms with Crippen LogP contribution in [0.4, 0.5) is 5.82 Å². The molecule has 1 aromatic heterocycles. The maximum atomic E-state index is 10.4. The Kier molecular flexibility index (Phi) is 4.66. The summed E-state index contributed by atoms with van der Waals surface area (Å²) in [6.45, 7) is 1.89. The SMILES string of the molecule is COC1(OC)CCN(c2ccn(Cc3ccccc3)n2)CC1O. The summed E-state index contributed by atoms with van der Waals surface area (Å²) in [5.74, 6) is -0.0517. The topological polar surface area (TPSA) is 59.8 Å². The van der Waals surface area contributed by atoms with Crippen molar-refractivity contribution in [3.63, 3.8) is 0 Å². The number of β-amino-alcohol motifs (C(OH)–C–C–N with tert-alkyl or cyclic N) is 1. The molecule has 6 nitrogen and oxygen atoms in total. The summed E-state index contributed by atoms with van der Waals surface area (Å²) in [5, 5.41) is 15.0. The van der Waals surface area contributed by atoms with Crippen LogP contribution in [-0.4, -0.2) is 54.1 Å². The van der Waals surface area contributed by atoms with Gasteiger partial charge in [0.2, 0.25) is 0 Å². The normalized spacial score (nSPS) is 20.7. The Bertz CT molecular complexity index is 625. The minimum absolute atomic E-state index is 0.435. The number of piperidine rings is 1. The molecule has 1 aromatic carbocycles. The second-order valence-electron chi connectivity index (χ2n) is 5.79. The van der Waals surface area contributed by atoms with E-state index in [1.165, 1.54) is 5.56 Å². The molecule has 1 aliphatic rings. The standard InChI is InChI=1S/C17H23N3O3/c1-22-17(23-2)9-11-19(13-15(17)21)16-8-10-20(18-16)12-14-6-4-3-5-7-14/h3-8,10,15,21H,9,11-13H2,1-2H3. The number of hydrogen-bond acceptors (Lipinski definition) is 5. The van der Waals surface area contributed by atoms with Crippen molar-refractivity contribution in [1.29, 1.82) is 0 Å². The lowest BCUT2D eigenvalue weighted by Gasteiger charge is -2.43. The van der Waals surface area contributed by atoms with Crippen molar-refractivity contribution in [3.8, 4) is 0 Å². The lowest BCUT2D eigenvalue weighted by molar-refractivity contribution is -0.264. The summed E-state index contributed by atoms with van der Waals surface area (Å²) in [6.07, 6.45) is 1.83. The van der Waals surface area contributed by atoms with E-state index in [2.05, 4.69) is 22.1 Å². The number of ether oxygens (including phenoxy) is 2. The number of aliphatic hydroxyl groups is 1. The third-order valence-electron chi connectivity index (χ3n) is 4.46. The third kappa shape index (κ3) is 3.24. The molecule has 1 fully saturated rings. The molecule has 2 heterocycles. The van der Waals surface area contributed by atoms with E-state index in [0.29, 0.717) is 13.0 Å². The molecular weight excluding hydrogens is 294 g/mol. The molecule has 6 heteroatoms. The highest BCUT2D eigenvalue weighted by Crippen LogP contribution is 2.29. The first kappa shape index (κ1) is 16.0. The van der Waals surface area contributed by atoms with Crippen LogP contribution in [0.15, 0.2) is 42.6 Å². The molecule has 0 bridgehead atoms. The quantitative estimate of drug-likeness (QED) is 0.847. The van der Waals surface area contributed by atoms with Crippen molar-refractivity contribution in [2.75, 3.05) is 32.2 Å². The van der Waals surface area contributed by atoms with Gasteiger partial charge in [-0.2, -0.15) is 5.10 Å². The molecule has 2 aromatic rings. The molecule has 0 spiro atoms. The first-order valence-corrected chi connectivity index (χ1v) is 7.77. The average molecular weight is 317 g/mol. The Hall–Kier alpha value is -1.89. The molecule has 1 saturated heterocycles. The van der Waals surface area contributed by atoms with Crippen molar-refractivity contribution in [3.05, 3.63) is 48.2 Å². The monoisotopic (exact) mass is 317 g/mol. The molecule has 0 amide bonds. The molecule has 1 N–H and O–H groups in total. The largest absolute Gasteiger partial charge is 0.386 e. The van der Waals surface area contributed by atoms with Gasteiger partial charge < -0.3 is 19.5 Å². The predicted molar refractivity (Wildman–Crippen MR) is 87.4 cm³/mol. The molecule has 3 rings (SSSR count). The van der Waals surface area contributed by atoms with Gasteiger partial charge in [0.15, 0.2) is 11.6 Å². The molecule has 1 unspecified atom stereocenters. The van der Waals surface area contributed by atoms with Crippen molar-refractivity contribution < 1.29 is 14.6 Å². The Morgan fingerprint density at radius 1 is 1.22 bits per heavy atom. The van der Waals surface area contributed by atoms with Crippen LogP contribution >= 0.6 is 0 Å². The average Bonchev–Trinajstić information content (AvgIpc) is 3.04. The van der Waals surface area contributed by atoms with Crippen LogP contribution in [0.5, 0.6) is 0 Å². The fraction of sp³-hybridized carbons (Fsp3) is 0.471. The van der Waals surface area contributed by atoms with Gasteiger partial charge in [0.25, 0.3) is 0 Å². The zero-order chi connectivity index (χ0) is 16.3. The fourth-order valence-corrected chi connectivity index (χ4v) is 3.04. The predicted octanol–water partition coefficient (Wildman–Crippen LogP) is 1.49. The third-order valence-corrected chi connectivity index (χ3v) is 4.46. The smallest absolute Gasteiger partial charge is 0.197 e. The van der Waals surface area contributed by atoms with E-state index in [9.17, 15) is 5.11 Å². The summed E-state index contributed by atoms with van der Waals surface area (Å²) in [5.41, 5.74) is 1.21. The van der Waals surface area contributed by atoms with Gasteiger partial charge in [-0.1, -0.05) is 30.3 Å². The number of aromatic nitrogens is 2. The van der Waals surface area contributed by atoms with Gasteiger partial charge in [0.05, 0.1) is 13.1 Å². The molecule has 0 saturated carbocycles. The van der Waals surface area contributed by atoms with E-state index < -0.39 is 11.9 Å². The number of rotatable bonds is 5. The minimum Gasteiger partial charge on any atom is -0.386 e. The van der Waals surface area contributed by atoms with Crippen molar-refractivity contribution >= 4 is 5.82 Å². The maximum Gasteiger partial charge on any atom is 0.197 e. The van der Waals surface area contributed by atoms with E-state index in [-0.39, 0.29) is 0 Å². The Labute approximate surface area is 136 Å². The van der Waals surface area contributed by atoms with Gasteiger partial charge in [-0.05, 0) is 5.56 Å². The van der Waals surface area contributed by atoms with Crippen molar-refractivity contribution in [2.24, 2.45) is 0 Å². The van der Waals surface area contributed by atoms with Crippen LogP contribution in [0.3, 0.4) is 0 Å². The highest BCUT2D eigenvalue weighted by atomic mass is 16.7. The number of aliphatic hydroxyl groups excluding tert-OH is 1. The van der Waals surface area contributed by atoms with Gasteiger partial charge >= 0.3 is 0 Å². The minimum atomic E-state index is -0.914. The zero-order valence-corrected chi connectivity index (χ0v) is 13.6. The van der Waals surface area contributed by atoms with Gasteiger partial charge in [-0.3, -0.25) is 4.68 Å². The highest BCUT2D eigenvalue weighted by Gasteiger charge is 2.43.